The molecule has 5 nitrogen and oxygen atoms in total. The lowest BCUT2D eigenvalue weighted by atomic mass is 9.97. The van der Waals surface area contributed by atoms with Crippen LogP contribution in [0.2, 0.25) is 0 Å². The summed E-state index contributed by atoms with van der Waals surface area (Å²) in [5.74, 6) is 0.829. The highest BCUT2D eigenvalue weighted by atomic mass is 32.1. The van der Waals surface area contributed by atoms with Crippen LogP contribution in [0.25, 0.3) is 0 Å². The monoisotopic (exact) mass is 297 g/mol. The molecule has 1 fully saturated rings. The molecule has 6 heteroatoms. The lowest BCUT2D eigenvalue weighted by molar-refractivity contribution is 0.173. The van der Waals surface area contributed by atoms with Crippen LogP contribution in [0.1, 0.15) is 31.9 Å². The topological polar surface area (TPSA) is 44.3 Å². The van der Waals surface area contributed by atoms with Crippen molar-refractivity contribution in [3.8, 4) is 0 Å². The summed E-state index contributed by atoms with van der Waals surface area (Å²) in [5, 5.41) is 8.83. The molecule has 0 bridgehead atoms. The van der Waals surface area contributed by atoms with Crippen LogP contribution in [0.4, 0.5) is 5.00 Å². The summed E-state index contributed by atoms with van der Waals surface area (Å²) in [6.45, 7) is 7.70. The number of anilines is 1. The van der Waals surface area contributed by atoms with E-state index in [0.29, 0.717) is 0 Å². The smallest absolute Gasteiger partial charge is 0.134 e. The quantitative estimate of drug-likeness (QED) is 0.835. The number of hydrogen-bond donors (Lipinski definition) is 1. The van der Waals surface area contributed by atoms with Crippen molar-refractivity contribution in [1.82, 2.24) is 19.4 Å². The van der Waals surface area contributed by atoms with Gasteiger partial charge in [-0.05, 0) is 52.4 Å². The molecular formula is C14H27N5S. The van der Waals surface area contributed by atoms with E-state index in [1.165, 1.54) is 44.0 Å². The van der Waals surface area contributed by atoms with Crippen LogP contribution in [-0.4, -0.2) is 59.7 Å². The van der Waals surface area contributed by atoms with Gasteiger partial charge < -0.3 is 15.1 Å². The van der Waals surface area contributed by atoms with Gasteiger partial charge in [-0.3, -0.25) is 0 Å². The molecule has 0 radical (unpaired) electrons. The molecular weight excluding hydrogens is 270 g/mol. The summed E-state index contributed by atoms with van der Waals surface area (Å²) in [7, 11) is 4.41. The van der Waals surface area contributed by atoms with Gasteiger partial charge in [0.1, 0.15) is 10.7 Å². The molecule has 1 aliphatic rings. The summed E-state index contributed by atoms with van der Waals surface area (Å²) in [6, 6.07) is 0. The summed E-state index contributed by atoms with van der Waals surface area (Å²) in [6.07, 6.45) is 3.76. The maximum atomic E-state index is 4.27. The molecule has 1 aliphatic heterocycles. The third-order valence-electron chi connectivity index (χ3n) is 3.92. The number of piperidine rings is 1. The Hall–Kier alpha value is -0.720. The molecule has 1 aromatic rings. The Balaban J connectivity index is 1.79. The van der Waals surface area contributed by atoms with E-state index in [1.54, 1.807) is 0 Å². The molecule has 0 aliphatic carbocycles. The number of likely N-dealkylation sites (tertiary alicyclic amines) is 1. The second-order valence-corrected chi connectivity index (χ2v) is 6.67. The average molecular weight is 297 g/mol. The van der Waals surface area contributed by atoms with Crippen molar-refractivity contribution in [3.63, 3.8) is 0 Å². The predicted octanol–water partition coefficient (Wildman–Crippen LogP) is 2.13. The van der Waals surface area contributed by atoms with Gasteiger partial charge in [-0.2, -0.15) is 0 Å². The van der Waals surface area contributed by atoms with Gasteiger partial charge in [-0.15, -0.1) is 5.10 Å². The van der Waals surface area contributed by atoms with Crippen molar-refractivity contribution in [2.45, 2.75) is 32.7 Å². The molecule has 0 atom stereocenters. The van der Waals surface area contributed by atoms with E-state index < -0.39 is 0 Å². The van der Waals surface area contributed by atoms with Crippen LogP contribution < -0.4 is 5.32 Å². The Morgan fingerprint density at radius 3 is 2.85 bits per heavy atom. The molecule has 20 heavy (non-hydrogen) atoms. The lowest BCUT2D eigenvalue weighted by Crippen LogP contribution is -2.35. The lowest BCUT2D eigenvalue weighted by Gasteiger charge is -2.31. The Kier molecular flexibility index (Phi) is 6.19. The van der Waals surface area contributed by atoms with Gasteiger partial charge in [-0.1, -0.05) is 11.4 Å². The molecule has 2 rings (SSSR count). The number of rotatable bonds is 7. The molecule has 1 aromatic heterocycles. The SMILES string of the molecule is CCCNc1snnc1CN(C)CC1CCN(C)CC1. The molecule has 1 N–H and O–H groups in total. The van der Waals surface area contributed by atoms with Crippen LogP contribution in [0.15, 0.2) is 0 Å². The van der Waals surface area contributed by atoms with Crippen molar-refractivity contribution < 1.29 is 0 Å². The molecule has 0 aromatic carbocycles. The van der Waals surface area contributed by atoms with E-state index in [1.807, 2.05) is 0 Å². The molecule has 0 unspecified atom stereocenters. The fourth-order valence-electron chi connectivity index (χ4n) is 2.69. The van der Waals surface area contributed by atoms with Gasteiger partial charge in [-0.25, -0.2) is 0 Å². The van der Waals surface area contributed by atoms with Crippen LogP contribution in [0, 0.1) is 5.92 Å². The number of nitrogens with one attached hydrogen (secondary N) is 1. The first-order valence-electron chi connectivity index (χ1n) is 7.61. The van der Waals surface area contributed by atoms with Crippen molar-refractivity contribution in [1.29, 1.82) is 0 Å². The van der Waals surface area contributed by atoms with E-state index in [-0.39, 0.29) is 0 Å². The zero-order valence-corrected chi connectivity index (χ0v) is 13.7. The zero-order valence-electron chi connectivity index (χ0n) is 12.9. The Morgan fingerprint density at radius 2 is 2.15 bits per heavy atom. The van der Waals surface area contributed by atoms with E-state index in [0.717, 1.165) is 36.1 Å². The third-order valence-corrected chi connectivity index (χ3v) is 4.64. The van der Waals surface area contributed by atoms with Crippen molar-refractivity contribution in [2.24, 2.45) is 5.92 Å². The second-order valence-electron chi connectivity index (χ2n) is 5.92. The number of nitrogens with zero attached hydrogens (tertiary/aromatic N) is 4. The van der Waals surface area contributed by atoms with Crippen molar-refractivity contribution in [3.05, 3.63) is 5.69 Å². The summed E-state index contributed by atoms with van der Waals surface area (Å²) >= 11 is 1.47. The highest BCUT2D eigenvalue weighted by Crippen LogP contribution is 2.21. The van der Waals surface area contributed by atoms with Gasteiger partial charge in [0.15, 0.2) is 0 Å². The highest BCUT2D eigenvalue weighted by Gasteiger charge is 2.19. The van der Waals surface area contributed by atoms with Crippen LogP contribution in [-0.2, 0) is 6.54 Å². The van der Waals surface area contributed by atoms with E-state index in [4.69, 9.17) is 0 Å². The molecule has 2 heterocycles. The third kappa shape index (κ3) is 4.68. The minimum Gasteiger partial charge on any atom is -0.374 e. The molecule has 0 amide bonds. The Morgan fingerprint density at radius 1 is 1.40 bits per heavy atom. The maximum absolute atomic E-state index is 4.27. The molecule has 114 valence electrons. The van der Waals surface area contributed by atoms with Crippen molar-refractivity contribution >= 4 is 16.5 Å². The van der Waals surface area contributed by atoms with Gasteiger partial charge in [0, 0.05) is 31.2 Å². The summed E-state index contributed by atoms with van der Waals surface area (Å²) in [5.41, 5.74) is 1.10. The summed E-state index contributed by atoms with van der Waals surface area (Å²) < 4.78 is 4.08. The van der Waals surface area contributed by atoms with Crippen LogP contribution in [0.5, 0.6) is 0 Å². The summed E-state index contributed by atoms with van der Waals surface area (Å²) in [4.78, 5) is 4.82. The fourth-order valence-corrected chi connectivity index (χ4v) is 3.29. The predicted molar refractivity (Wildman–Crippen MR) is 85.2 cm³/mol. The first kappa shape index (κ1) is 15.7. The fraction of sp³-hybridized carbons (Fsp3) is 0.857. The van der Waals surface area contributed by atoms with Gasteiger partial charge in [0.2, 0.25) is 0 Å². The highest BCUT2D eigenvalue weighted by molar-refractivity contribution is 7.10. The van der Waals surface area contributed by atoms with E-state index in [9.17, 15) is 0 Å². The standard InChI is InChI=1S/C14H27N5S/c1-4-7-15-14-13(16-17-20-14)11-19(3)10-12-5-8-18(2)9-6-12/h12,15H,4-11H2,1-3H3. The van der Waals surface area contributed by atoms with Crippen LogP contribution in [0.3, 0.4) is 0 Å². The Bertz CT molecular complexity index is 387. The van der Waals surface area contributed by atoms with Gasteiger partial charge in [0.05, 0.1) is 0 Å². The van der Waals surface area contributed by atoms with Crippen molar-refractivity contribution in [2.75, 3.05) is 45.6 Å². The molecule has 0 spiro atoms. The molecule has 1 saturated heterocycles. The zero-order chi connectivity index (χ0) is 14.4. The normalized spacial score (nSPS) is 17.8. The number of aromatic nitrogens is 2. The van der Waals surface area contributed by atoms with Crippen LogP contribution >= 0.6 is 11.5 Å². The first-order valence-corrected chi connectivity index (χ1v) is 8.38. The minimum absolute atomic E-state index is 0.829. The second kappa shape index (κ2) is 7.90. The minimum atomic E-state index is 0.829. The van der Waals surface area contributed by atoms with Gasteiger partial charge >= 0.3 is 0 Å². The first-order chi connectivity index (χ1) is 9.69. The Labute approximate surface area is 126 Å². The van der Waals surface area contributed by atoms with Gasteiger partial charge in [0.25, 0.3) is 0 Å². The van der Waals surface area contributed by atoms with E-state index >= 15 is 0 Å². The largest absolute Gasteiger partial charge is 0.374 e. The van der Waals surface area contributed by atoms with E-state index in [2.05, 4.69) is 45.7 Å². The average Bonchev–Trinajstić information content (AvgIpc) is 2.86. The maximum Gasteiger partial charge on any atom is 0.134 e. The number of hydrogen-bond acceptors (Lipinski definition) is 6. The molecule has 0 saturated carbocycles.